The van der Waals surface area contributed by atoms with Crippen molar-refractivity contribution < 1.29 is 9.53 Å². The highest BCUT2D eigenvalue weighted by molar-refractivity contribution is 5.90. The Morgan fingerprint density at radius 1 is 1.58 bits per heavy atom. The van der Waals surface area contributed by atoms with Crippen LogP contribution >= 0.6 is 0 Å². The molecule has 19 heavy (non-hydrogen) atoms. The summed E-state index contributed by atoms with van der Waals surface area (Å²) in [6.07, 6.45) is 5.27. The van der Waals surface area contributed by atoms with Gasteiger partial charge in [0.1, 0.15) is 0 Å². The lowest BCUT2D eigenvalue weighted by molar-refractivity contribution is 0.0601. The average molecular weight is 257 g/mol. The second-order valence-corrected chi connectivity index (χ2v) is 3.94. The largest absolute Gasteiger partial charge is 0.465 e. The van der Waals surface area contributed by atoms with Gasteiger partial charge in [0.15, 0.2) is 0 Å². The van der Waals surface area contributed by atoms with Crippen LogP contribution < -0.4 is 5.32 Å². The van der Waals surface area contributed by atoms with Crippen molar-refractivity contribution in [2.45, 2.75) is 6.54 Å². The number of esters is 1. The van der Waals surface area contributed by atoms with Gasteiger partial charge in [-0.15, -0.1) is 0 Å². The molecule has 0 saturated carbocycles. The van der Waals surface area contributed by atoms with Gasteiger partial charge in [-0.25, -0.2) is 9.48 Å². The zero-order valence-corrected chi connectivity index (χ0v) is 10.7. The number of carbonyl (C=O) groups excluding carboxylic acids is 1. The predicted octanol–water partition coefficient (Wildman–Crippen LogP) is 2.38. The molecule has 5 nitrogen and oxygen atoms in total. The molecule has 0 aliphatic heterocycles. The maximum absolute atomic E-state index is 11.4. The Hall–Kier alpha value is -2.56. The molecule has 0 aliphatic carbocycles. The van der Waals surface area contributed by atoms with E-state index in [1.165, 1.54) is 7.11 Å². The van der Waals surface area contributed by atoms with Crippen molar-refractivity contribution in [2.24, 2.45) is 0 Å². The molecule has 0 atom stereocenters. The first-order valence-corrected chi connectivity index (χ1v) is 5.81. The zero-order valence-electron chi connectivity index (χ0n) is 10.7. The molecule has 2 rings (SSSR count). The Kier molecular flexibility index (Phi) is 3.97. The number of nitrogens with zero attached hydrogens (tertiary/aromatic N) is 2. The monoisotopic (exact) mass is 257 g/mol. The van der Waals surface area contributed by atoms with E-state index in [2.05, 4.69) is 21.7 Å². The minimum absolute atomic E-state index is 0.344. The van der Waals surface area contributed by atoms with Gasteiger partial charge in [-0.1, -0.05) is 12.6 Å². The molecule has 0 fully saturated rings. The summed E-state index contributed by atoms with van der Waals surface area (Å²) in [5.41, 5.74) is 2.41. The first-order valence-electron chi connectivity index (χ1n) is 5.81. The van der Waals surface area contributed by atoms with Gasteiger partial charge in [0.05, 0.1) is 18.9 Å². The molecule has 1 heterocycles. The molecule has 5 heteroatoms. The number of hydrogen-bond donors (Lipinski definition) is 1. The molecule has 0 amide bonds. The van der Waals surface area contributed by atoms with E-state index in [4.69, 9.17) is 0 Å². The number of hydrogen-bond acceptors (Lipinski definition) is 4. The van der Waals surface area contributed by atoms with E-state index in [0.29, 0.717) is 12.1 Å². The van der Waals surface area contributed by atoms with Gasteiger partial charge in [0.25, 0.3) is 0 Å². The van der Waals surface area contributed by atoms with E-state index in [0.717, 1.165) is 11.3 Å². The number of methoxy groups -OCH3 is 1. The van der Waals surface area contributed by atoms with Crippen molar-refractivity contribution in [3.63, 3.8) is 0 Å². The van der Waals surface area contributed by atoms with E-state index < -0.39 is 0 Å². The summed E-state index contributed by atoms with van der Waals surface area (Å²) < 4.78 is 6.32. The molecule has 0 spiro atoms. The molecule has 0 saturated heterocycles. The quantitative estimate of drug-likeness (QED) is 0.835. The summed E-state index contributed by atoms with van der Waals surface area (Å²) in [5.74, 6) is -0.344. The maximum atomic E-state index is 11.4. The van der Waals surface area contributed by atoms with Gasteiger partial charge in [-0.2, -0.15) is 5.10 Å². The van der Waals surface area contributed by atoms with Gasteiger partial charge in [0.2, 0.25) is 0 Å². The fraction of sp³-hybridized carbons (Fsp3) is 0.143. The summed E-state index contributed by atoms with van der Waals surface area (Å²) in [6, 6.07) is 7.17. The second-order valence-electron chi connectivity index (χ2n) is 3.94. The number of aromatic nitrogens is 2. The van der Waals surface area contributed by atoms with E-state index in [1.807, 2.05) is 18.3 Å². The Morgan fingerprint density at radius 2 is 2.42 bits per heavy atom. The number of ether oxygens (including phenoxy) is 1. The molecule has 0 unspecified atom stereocenters. The van der Waals surface area contributed by atoms with E-state index in [-0.39, 0.29) is 5.97 Å². The molecular formula is C14H15N3O2. The summed E-state index contributed by atoms with van der Waals surface area (Å²) >= 11 is 0. The van der Waals surface area contributed by atoms with Crippen molar-refractivity contribution in [2.75, 3.05) is 12.4 Å². The van der Waals surface area contributed by atoms with Crippen LogP contribution in [0.3, 0.4) is 0 Å². The predicted molar refractivity (Wildman–Crippen MR) is 73.7 cm³/mol. The molecular weight excluding hydrogens is 242 g/mol. The van der Waals surface area contributed by atoms with Crippen LogP contribution in [0, 0.1) is 0 Å². The van der Waals surface area contributed by atoms with Crippen LogP contribution in [0.2, 0.25) is 0 Å². The van der Waals surface area contributed by atoms with Crippen molar-refractivity contribution in [3.05, 3.63) is 54.4 Å². The summed E-state index contributed by atoms with van der Waals surface area (Å²) in [7, 11) is 1.37. The van der Waals surface area contributed by atoms with Crippen LogP contribution in [0.4, 0.5) is 5.69 Å². The molecule has 2 aromatic rings. The smallest absolute Gasteiger partial charge is 0.337 e. The van der Waals surface area contributed by atoms with Crippen molar-refractivity contribution in [1.29, 1.82) is 0 Å². The molecule has 1 aromatic heterocycles. The Labute approximate surface area is 111 Å². The van der Waals surface area contributed by atoms with Crippen LogP contribution in [-0.4, -0.2) is 22.9 Å². The molecule has 0 aliphatic rings. The highest BCUT2D eigenvalue weighted by Crippen LogP contribution is 2.13. The molecule has 1 aromatic carbocycles. The van der Waals surface area contributed by atoms with Gasteiger partial charge in [0, 0.05) is 30.2 Å². The van der Waals surface area contributed by atoms with Crippen molar-refractivity contribution in [1.82, 2.24) is 9.78 Å². The number of rotatable bonds is 5. The van der Waals surface area contributed by atoms with Crippen molar-refractivity contribution >= 4 is 17.9 Å². The zero-order chi connectivity index (χ0) is 13.7. The summed E-state index contributed by atoms with van der Waals surface area (Å²) in [6.45, 7) is 4.26. The first-order chi connectivity index (χ1) is 9.22. The Bertz CT molecular complexity index is 590. The minimum atomic E-state index is -0.344. The third kappa shape index (κ3) is 3.22. The minimum Gasteiger partial charge on any atom is -0.465 e. The third-order valence-electron chi connectivity index (χ3n) is 2.62. The second kappa shape index (κ2) is 5.86. The fourth-order valence-corrected chi connectivity index (χ4v) is 1.65. The van der Waals surface area contributed by atoms with Gasteiger partial charge in [-0.05, 0) is 18.2 Å². The average Bonchev–Trinajstić information content (AvgIpc) is 2.92. The van der Waals surface area contributed by atoms with Crippen LogP contribution in [0.1, 0.15) is 15.9 Å². The highest BCUT2D eigenvalue weighted by atomic mass is 16.5. The summed E-state index contributed by atoms with van der Waals surface area (Å²) in [4.78, 5) is 11.4. The number of benzene rings is 1. The molecule has 0 radical (unpaired) electrons. The van der Waals surface area contributed by atoms with Gasteiger partial charge < -0.3 is 10.1 Å². The third-order valence-corrected chi connectivity index (χ3v) is 2.62. The normalized spacial score (nSPS) is 9.95. The van der Waals surface area contributed by atoms with Gasteiger partial charge >= 0.3 is 5.97 Å². The maximum Gasteiger partial charge on any atom is 0.337 e. The Morgan fingerprint density at radius 3 is 3.11 bits per heavy atom. The summed E-state index contributed by atoms with van der Waals surface area (Å²) in [5, 5.41) is 7.31. The lowest BCUT2D eigenvalue weighted by Gasteiger charge is -2.06. The van der Waals surface area contributed by atoms with E-state index in [1.54, 1.807) is 29.2 Å². The lowest BCUT2D eigenvalue weighted by Crippen LogP contribution is -2.03. The molecule has 0 bridgehead atoms. The number of carbonyl (C=O) groups is 1. The Balaban J connectivity index is 2.03. The van der Waals surface area contributed by atoms with Crippen LogP contribution in [0.25, 0.3) is 6.20 Å². The van der Waals surface area contributed by atoms with E-state index >= 15 is 0 Å². The van der Waals surface area contributed by atoms with Gasteiger partial charge in [-0.3, -0.25) is 0 Å². The lowest BCUT2D eigenvalue weighted by atomic mass is 10.2. The van der Waals surface area contributed by atoms with Crippen LogP contribution in [-0.2, 0) is 11.3 Å². The number of nitrogens with one attached hydrogen (secondary N) is 1. The van der Waals surface area contributed by atoms with Crippen molar-refractivity contribution in [3.8, 4) is 0 Å². The highest BCUT2D eigenvalue weighted by Gasteiger charge is 2.05. The topological polar surface area (TPSA) is 56.2 Å². The van der Waals surface area contributed by atoms with E-state index in [9.17, 15) is 4.79 Å². The number of anilines is 1. The van der Waals surface area contributed by atoms with Crippen LogP contribution in [0.5, 0.6) is 0 Å². The SMILES string of the molecule is C=Cn1cc(CNc2cccc(C(=O)OC)c2)cn1. The fourth-order valence-electron chi connectivity index (χ4n) is 1.65. The standard InChI is InChI=1S/C14H15N3O2/c1-3-17-10-11(9-16-17)8-15-13-6-4-5-12(7-13)14(18)19-2/h3-7,9-10,15H,1,8H2,2H3. The molecule has 98 valence electrons. The first kappa shape index (κ1) is 12.9. The van der Waals surface area contributed by atoms with Crippen LogP contribution in [0.15, 0.2) is 43.2 Å². The molecule has 1 N–H and O–H groups in total.